The summed E-state index contributed by atoms with van der Waals surface area (Å²) in [4.78, 5) is 31.1. The summed E-state index contributed by atoms with van der Waals surface area (Å²) in [5, 5.41) is 0. The van der Waals surface area contributed by atoms with Gasteiger partial charge in [0.1, 0.15) is 0 Å². The van der Waals surface area contributed by atoms with Gasteiger partial charge in [0.05, 0.1) is 18.8 Å². The molecule has 144 valence electrons. The maximum absolute atomic E-state index is 13.1. The number of fused-ring (bicyclic) bond motifs is 1. The minimum Gasteiger partial charge on any atom is -0.337 e. The first-order valence-corrected chi connectivity index (χ1v) is 9.63. The van der Waals surface area contributed by atoms with Crippen LogP contribution in [0.25, 0.3) is 0 Å². The Morgan fingerprint density at radius 1 is 1.07 bits per heavy atom. The molecule has 0 radical (unpaired) electrons. The highest BCUT2D eigenvalue weighted by Gasteiger charge is 2.27. The summed E-state index contributed by atoms with van der Waals surface area (Å²) in [6.07, 6.45) is 4.96. The number of nitrogens with zero attached hydrogens (tertiary/aromatic N) is 4. The zero-order valence-corrected chi connectivity index (χ0v) is 16.0. The fourth-order valence-corrected chi connectivity index (χ4v) is 3.84. The average Bonchev–Trinajstić information content (AvgIpc) is 2.98. The molecule has 1 aromatic carbocycles. The van der Waals surface area contributed by atoms with Crippen molar-refractivity contribution in [2.75, 3.05) is 6.54 Å². The Morgan fingerprint density at radius 3 is 2.57 bits per heavy atom. The maximum Gasteiger partial charge on any atom is 0.270 e. The lowest BCUT2D eigenvalue weighted by molar-refractivity contribution is -0.129. The minimum atomic E-state index is 0.0445. The van der Waals surface area contributed by atoms with Gasteiger partial charge >= 0.3 is 0 Å². The first kappa shape index (κ1) is 18.2. The van der Waals surface area contributed by atoms with Gasteiger partial charge in [-0.1, -0.05) is 36.4 Å². The second kappa shape index (κ2) is 7.84. The standard InChI is InChI=1S/C22H24N4O2/c1-17(27)24-12-10-20-21(16-24)26(15-19-8-5-11-23-14-19)25(22(20)28)13-9-18-6-3-2-4-7-18/h2-8,11,14H,9-10,12-13,15-16H2,1H3. The van der Waals surface area contributed by atoms with E-state index in [1.807, 2.05) is 50.8 Å². The normalized spacial score (nSPS) is 13.4. The molecule has 4 rings (SSSR count). The maximum atomic E-state index is 13.1. The lowest BCUT2D eigenvalue weighted by Crippen LogP contribution is -2.36. The van der Waals surface area contributed by atoms with Crippen LogP contribution in [0.15, 0.2) is 59.7 Å². The van der Waals surface area contributed by atoms with Crippen molar-refractivity contribution >= 4 is 5.91 Å². The molecule has 0 N–H and O–H groups in total. The molecule has 3 heterocycles. The molecule has 0 saturated heterocycles. The van der Waals surface area contributed by atoms with Crippen LogP contribution in [0, 0.1) is 0 Å². The van der Waals surface area contributed by atoms with Gasteiger partial charge in [-0.3, -0.25) is 19.3 Å². The summed E-state index contributed by atoms with van der Waals surface area (Å²) in [5.41, 5.74) is 4.09. The van der Waals surface area contributed by atoms with E-state index in [0.29, 0.717) is 32.6 Å². The van der Waals surface area contributed by atoms with Gasteiger partial charge in [0.2, 0.25) is 5.91 Å². The van der Waals surface area contributed by atoms with E-state index in [2.05, 4.69) is 17.1 Å². The lowest BCUT2D eigenvalue weighted by Gasteiger charge is -2.27. The molecule has 0 aliphatic carbocycles. The van der Waals surface area contributed by atoms with Gasteiger partial charge in [-0.25, -0.2) is 4.68 Å². The molecule has 3 aromatic rings. The molecule has 0 bridgehead atoms. The lowest BCUT2D eigenvalue weighted by atomic mass is 10.1. The topological polar surface area (TPSA) is 60.1 Å². The van der Waals surface area contributed by atoms with Crippen LogP contribution in [0.3, 0.4) is 0 Å². The van der Waals surface area contributed by atoms with Crippen LogP contribution >= 0.6 is 0 Å². The fourth-order valence-electron chi connectivity index (χ4n) is 3.84. The molecule has 0 saturated carbocycles. The van der Waals surface area contributed by atoms with Crippen molar-refractivity contribution in [3.8, 4) is 0 Å². The van der Waals surface area contributed by atoms with Crippen LogP contribution in [0.4, 0.5) is 0 Å². The molecule has 1 aliphatic rings. The quantitative estimate of drug-likeness (QED) is 0.686. The number of carbonyl (C=O) groups excluding carboxylic acids is 1. The van der Waals surface area contributed by atoms with Crippen molar-refractivity contribution in [1.82, 2.24) is 19.2 Å². The first-order valence-electron chi connectivity index (χ1n) is 9.63. The molecule has 0 unspecified atom stereocenters. The van der Waals surface area contributed by atoms with Crippen LogP contribution in [-0.2, 0) is 37.3 Å². The van der Waals surface area contributed by atoms with Crippen molar-refractivity contribution in [2.24, 2.45) is 0 Å². The molecule has 6 nitrogen and oxygen atoms in total. The summed E-state index contributed by atoms with van der Waals surface area (Å²) < 4.78 is 3.89. The SMILES string of the molecule is CC(=O)N1CCc2c(n(Cc3cccnc3)n(CCc3ccccc3)c2=O)C1. The number of carbonyl (C=O) groups is 1. The van der Waals surface area contributed by atoms with E-state index >= 15 is 0 Å². The largest absolute Gasteiger partial charge is 0.337 e. The summed E-state index contributed by atoms with van der Waals surface area (Å²) >= 11 is 0. The molecule has 1 aliphatic heterocycles. The van der Waals surface area contributed by atoms with Gasteiger partial charge in [0, 0.05) is 38.0 Å². The summed E-state index contributed by atoms with van der Waals surface area (Å²) in [6, 6.07) is 14.1. The van der Waals surface area contributed by atoms with Crippen LogP contribution in [0.2, 0.25) is 0 Å². The van der Waals surface area contributed by atoms with Crippen LogP contribution < -0.4 is 5.56 Å². The third-order valence-electron chi connectivity index (χ3n) is 5.37. The predicted octanol–water partition coefficient (Wildman–Crippen LogP) is 2.24. The summed E-state index contributed by atoms with van der Waals surface area (Å²) in [6.45, 7) is 3.85. The van der Waals surface area contributed by atoms with Crippen LogP contribution in [0.1, 0.15) is 29.3 Å². The third kappa shape index (κ3) is 3.63. The molecule has 0 fully saturated rings. The second-order valence-corrected chi connectivity index (χ2v) is 7.20. The fraction of sp³-hybridized carbons (Fsp3) is 0.318. The molecule has 2 aromatic heterocycles. The number of hydrogen-bond donors (Lipinski definition) is 0. The molecule has 1 amide bonds. The van der Waals surface area contributed by atoms with Gasteiger partial charge in [-0.15, -0.1) is 0 Å². The highest BCUT2D eigenvalue weighted by molar-refractivity contribution is 5.73. The highest BCUT2D eigenvalue weighted by Crippen LogP contribution is 2.19. The van der Waals surface area contributed by atoms with E-state index in [0.717, 1.165) is 23.2 Å². The van der Waals surface area contributed by atoms with Gasteiger partial charge in [0.25, 0.3) is 5.56 Å². The average molecular weight is 376 g/mol. The summed E-state index contributed by atoms with van der Waals surface area (Å²) in [5.74, 6) is 0.0445. The van der Waals surface area contributed by atoms with E-state index in [4.69, 9.17) is 0 Å². The number of pyridine rings is 1. The Balaban J connectivity index is 1.71. The van der Waals surface area contributed by atoms with E-state index in [9.17, 15) is 9.59 Å². The number of aryl methyl sites for hydroxylation is 1. The van der Waals surface area contributed by atoms with E-state index < -0.39 is 0 Å². The number of hydrogen-bond acceptors (Lipinski definition) is 3. The Bertz CT molecular complexity index is 1020. The second-order valence-electron chi connectivity index (χ2n) is 7.20. The number of amides is 1. The van der Waals surface area contributed by atoms with E-state index in [1.54, 1.807) is 13.1 Å². The zero-order valence-electron chi connectivity index (χ0n) is 16.0. The van der Waals surface area contributed by atoms with Crippen LogP contribution in [0.5, 0.6) is 0 Å². The Labute approximate surface area is 164 Å². The van der Waals surface area contributed by atoms with Crippen molar-refractivity contribution in [1.29, 1.82) is 0 Å². The monoisotopic (exact) mass is 376 g/mol. The van der Waals surface area contributed by atoms with Crippen molar-refractivity contribution in [2.45, 2.75) is 39.4 Å². The van der Waals surface area contributed by atoms with E-state index in [1.165, 1.54) is 5.56 Å². The van der Waals surface area contributed by atoms with Gasteiger partial charge in [-0.05, 0) is 30.0 Å². The Hall–Kier alpha value is -3.15. The smallest absolute Gasteiger partial charge is 0.270 e. The van der Waals surface area contributed by atoms with E-state index in [-0.39, 0.29) is 11.5 Å². The number of benzene rings is 1. The van der Waals surface area contributed by atoms with Crippen molar-refractivity contribution in [3.63, 3.8) is 0 Å². The summed E-state index contributed by atoms with van der Waals surface area (Å²) in [7, 11) is 0. The molecular weight excluding hydrogens is 352 g/mol. The Morgan fingerprint density at radius 2 is 1.86 bits per heavy atom. The number of aromatic nitrogens is 3. The first-order chi connectivity index (χ1) is 13.6. The molecule has 28 heavy (non-hydrogen) atoms. The van der Waals surface area contributed by atoms with Gasteiger partial charge in [0.15, 0.2) is 0 Å². The molecular formula is C22H24N4O2. The minimum absolute atomic E-state index is 0.0445. The van der Waals surface area contributed by atoms with Crippen LogP contribution in [-0.4, -0.2) is 31.7 Å². The molecule has 0 atom stereocenters. The van der Waals surface area contributed by atoms with Crippen molar-refractivity contribution in [3.05, 3.63) is 87.6 Å². The van der Waals surface area contributed by atoms with Gasteiger partial charge in [-0.2, -0.15) is 0 Å². The van der Waals surface area contributed by atoms with Gasteiger partial charge < -0.3 is 4.90 Å². The van der Waals surface area contributed by atoms with Crippen molar-refractivity contribution < 1.29 is 4.79 Å². The highest BCUT2D eigenvalue weighted by atomic mass is 16.2. The Kier molecular flexibility index (Phi) is 5.10. The third-order valence-corrected chi connectivity index (χ3v) is 5.37. The molecule has 0 spiro atoms. The zero-order chi connectivity index (χ0) is 19.5. The number of rotatable bonds is 5. The predicted molar refractivity (Wildman–Crippen MR) is 107 cm³/mol. The molecule has 6 heteroatoms.